The van der Waals surface area contributed by atoms with E-state index in [4.69, 9.17) is 0 Å². The maximum atomic E-state index is 13.0. The molecule has 1 N–H and O–H groups in total. The number of nitrogens with one attached hydrogen (secondary N) is 1. The first kappa shape index (κ1) is 22.5. The number of carbonyl (C=O) groups excluding carboxylic acids is 1. The van der Waals surface area contributed by atoms with E-state index in [1.807, 2.05) is 30.3 Å². The van der Waals surface area contributed by atoms with Crippen LogP contribution in [0.3, 0.4) is 0 Å². The van der Waals surface area contributed by atoms with Gasteiger partial charge in [0.15, 0.2) is 0 Å². The van der Waals surface area contributed by atoms with E-state index < -0.39 is 11.7 Å². The van der Waals surface area contributed by atoms with E-state index in [0.717, 1.165) is 17.7 Å². The number of carbonyl (C=O) groups is 1. The number of H-pyrrole nitrogens is 1. The van der Waals surface area contributed by atoms with Gasteiger partial charge in [0.1, 0.15) is 10.5 Å². The summed E-state index contributed by atoms with van der Waals surface area (Å²) in [6, 6.07) is 15.6. The standard InChI is InChI=1S/C24H18F3N3O2S/c25-24(26,27)18-9-6-16(7-10-18)8-11-21(31)30(14-17-4-2-1-3-5-17)15-20-28-19-12-13-33-22(19)23(32)29-20/h1-13H,14-15H2,(H,28,29,32). The lowest BCUT2D eigenvalue weighted by atomic mass is 10.1. The van der Waals surface area contributed by atoms with Gasteiger partial charge >= 0.3 is 6.18 Å². The molecule has 0 spiro atoms. The molecule has 2 aromatic carbocycles. The molecule has 33 heavy (non-hydrogen) atoms. The van der Waals surface area contributed by atoms with Crippen LogP contribution in [0.15, 0.2) is 76.9 Å². The van der Waals surface area contributed by atoms with Crippen molar-refractivity contribution >= 4 is 33.5 Å². The van der Waals surface area contributed by atoms with Crippen LogP contribution in [-0.4, -0.2) is 20.8 Å². The molecule has 0 radical (unpaired) electrons. The lowest BCUT2D eigenvalue weighted by molar-refractivity contribution is -0.137. The van der Waals surface area contributed by atoms with Crippen LogP contribution in [0.1, 0.15) is 22.5 Å². The molecule has 0 unspecified atom stereocenters. The van der Waals surface area contributed by atoms with Crippen molar-refractivity contribution in [2.45, 2.75) is 19.3 Å². The summed E-state index contributed by atoms with van der Waals surface area (Å²) in [7, 11) is 0. The Bertz CT molecular complexity index is 1340. The predicted octanol–water partition coefficient (Wildman–Crippen LogP) is 5.25. The minimum atomic E-state index is -4.42. The first-order valence-corrected chi connectivity index (χ1v) is 10.8. The van der Waals surface area contributed by atoms with Crippen molar-refractivity contribution in [2.75, 3.05) is 0 Å². The van der Waals surface area contributed by atoms with Gasteiger partial charge in [-0.2, -0.15) is 13.2 Å². The molecule has 0 aliphatic heterocycles. The molecule has 4 aromatic rings. The maximum absolute atomic E-state index is 13.0. The van der Waals surface area contributed by atoms with E-state index in [0.29, 0.717) is 21.6 Å². The molecule has 1 amide bonds. The highest BCUT2D eigenvalue weighted by Gasteiger charge is 2.29. The molecule has 0 saturated carbocycles. The summed E-state index contributed by atoms with van der Waals surface area (Å²) >= 11 is 1.29. The van der Waals surface area contributed by atoms with Crippen LogP contribution in [0, 0.1) is 0 Å². The van der Waals surface area contributed by atoms with Crippen molar-refractivity contribution in [1.29, 1.82) is 0 Å². The molecule has 0 fully saturated rings. The van der Waals surface area contributed by atoms with Gasteiger partial charge in [-0.25, -0.2) is 4.98 Å². The number of fused-ring (bicyclic) bond motifs is 1. The quantitative estimate of drug-likeness (QED) is 0.393. The molecule has 0 aliphatic carbocycles. The number of hydrogen-bond donors (Lipinski definition) is 1. The summed E-state index contributed by atoms with van der Waals surface area (Å²) in [5.74, 6) is -0.0232. The monoisotopic (exact) mass is 469 g/mol. The van der Waals surface area contributed by atoms with Crippen molar-refractivity contribution in [3.63, 3.8) is 0 Å². The van der Waals surface area contributed by atoms with Gasteiger partial charge in [0.05, 0.1) is 17.6 Å². The summed E-state index contributed by atoms with van der Waals surface area (Å²) in [5.41, 5.74) is 0.883. The largest absolute Gasteiger partial charge is 0.416 e. The number of rotatable bonds is 6. The van der Waals surface area contributed by atoms with Crippen LogP contribution in [0.5, 0.6) is 0 Å². The predicted molar refractivity (Wildman–Crippen MR) is 121 cm³/mol. The maximum Gasteiger partial charge on any atom is 0.416 e. The van der Waals surface area contributed by atoms with E-state index in [1.54, 1.807) is 11.4 Å². The minimum absolute atomic E-state index is 0.0616. The highest BCUT2D eigenvalue weighted by Crippen LogP contribution is 2.29. The first-order chi connectivity index (χ1) is 15.8. The third-order valence-corrected chi connectivity index (χ3v) is 5.79. The number of halogens is 3. The molecule has 0 aliphatic rings. The Balaban J connectivity index is 1.57. The summed E-state index contributed by atoms with van der Waals surface area (Å²) < 4.78 is 38.8. The molecule has 4 rings (SSSR count). The fourth-order valence-electron chi connectivity index (χ4n) is 3.25. The van der Waals surface area contributed by atoms with E-state index in [-0.39, 0.29) is 24.6 Å². The number of benzene rings is 2. The van der Waals surface area contributed by atoms with Crippen LogP contribution in [0.25, 0.3) is 16.3 Å². The van der Waals surface area contributed by atoms with Crippen LogP contribution >= 0.6 is 11.3 Å². The zero-order valence-corrected chi connectivity index (χ0v) is 18.0. The molecule has 5 nitrogen and oxygen atoms in total. The van der Waals surface area contributed by atoms with Gasteiger partial charge in [-0.05, 0) is 40.8 Å². The molecular weight excluding hydrogens is 451 g/mol. The second-order valence-corrected chi connectivity index (χ2v) is 8.20. The normalized spacial score (nSPS) is 11.8. The van der Waals surface area contributed by atoms with Crippen LogP contribution in [-0.2, 0) is 24.1 Å². The fourth-order valence-corrected chi connectivity index (χ4v) is 3.97. The number of aromatic nitrogens is 2. The van der Waals surface area contributed by atoms with Gasteiger partial charge in [-0.15, -0.1) is 11.3 Å². The van der Waals surface area contributed by atoms with Gasteiger partial charge in [-0.1, -0.05) is 42.5 Å². The second-order valence-electron chi connectivity index (χ2n) is 7.28. The van der Waals surface area contributed by atoms with Gasteiger partial charge < -0.3 is 9.88 Å². The average Bonchev–Trinajstić information content (AvgIpc) is 3.27. The molecule has 0 atom stereocenters. The Kier molecular flexibility index (Phi) is 6.41. The van der Waals surface area contributed by atoms with Crippen molar-refractivity contribution in [3.8, 4) is 0 Å². The zero-order chi connectivity index (χ0) is 23.4. The molecule has 2 aromatic heterocycles. The Morgan fingerprint density at radius 1 is 1.03 bits per heavy atom. The van der Waals surface area contributed by atoms with E-state index >= 15 is 0 Å². The molecule has 9 heteroatoms. The molecule has 2 heterocycles. The summed E-state index contributed by atoms with van der Waals surface area (Å²) in [5, 5.41) is 1.77. The number of amides is 1. The lowest BCUT2D eigenvalue weighted by Crippen LogP contribution is -2.30. The zero-order valence-electron chi connectivity index (χ0n) is 17.2. The van der Waals surface area contributed by atoms with E-state index in [1.165, 1.54) is 40.5 Å². The highest BCUT2D eigenvalue weighted by atomic mass is 32.1. The Hall–Kier alpha value is -3.72. The van der Waals surface area contributed by atoms with Crippen molar-refractivity contribution in [1.82, 2.24) is 14.9 Å². The first-order valence-electron chi connectivity index (χ1n) is 9.94. The van der Waals surface area contributed by atoms with Gasteiger partial charge in [0, 0.05) is 12.6 Å². The SMILES string of the molecule is O=C(C=Cc1ccc(C(F)(F)F)cc1)N(Cc1ccccc1)Cc1nc2ccsc2c(=O)[nH]1. The Morgan fingerprint density at radius 3 is 2.45 bits per heavy atom. The number of alkyl halides is 3. The topological polar surface area (TPSA) is 66.1 Å². The number of thiophene rings is 1. The molecular formula is C24H18F3N3O2S. The van der Waals surface area contributed by atoms with Gasteiger partial charge in [0.2, 0.25) is 5.91 Å². The number of aromatic amines is 1. The van der Waals surface area contributed by atoms with Crippen molar-refractivity contribution in [3.05, 3.63) is 105 Å². The van der Waals surface area contributed by atoms with Crippen LogP contribution in [0.2, 0.25) is 0 Å². The minimum Gasteiger partial charge on any atom is -0.327 e. The van der Waals surface area contributed by atoms with Crippen molar-refractivity contribution in [2.24, 2.45) is 0 Å². The molecule has 0 saturated heterocycles. The van der Waals surface area contributed by atoms with Crippen LogP contribution in [0.4, 0.5) is 13.2 Å². The van der Waals surface area contributed by atoms with Crippen molar-refractivity contribution < 1.29 is 18.0 Å². The number of hydrogen-bond acceptors (Lipinski definition) is 4. The third-order valence-electron chi connectivity index (χ3n) is 4.89. The van der Waals surface area contributed by atoms with Gasteiger partial charge in [-0.3, -0.25) is 9.59 Å². The van der Waals surface area contributed by atoms with Gasteiger partial charge in [0.25, 0.3) is 5.56 Å². The fraction of sp³-hybridized carbons (Fsp3) is 0.125. The van der Waals surface area contributed by atoms with Crippen LogP contribution < -0.4 is 5.56 Å². The highest BCUT2D eigenvalue weighted by molar-refractivity contribution is 7.17. The Labute approximate surface area is 190 Å². The summed E-state index contributed by atoms with van der Waals surface area (Å²) in [6.07, 6.45) is -1.66. The average molecular weight is 469 g/mol. The Morgan fingerprint density at radius 2 is 1.76 bits per heavy atom. The number of nitrogens with zero attached hydrogens (tertiary/aromatic N) is 2. The second kappa shape index (κ2) is 9.41. The summed E-state index contributed by atoms with van der Waals surface area (Å²) in [6.45, 7) is 0.328. The molecule has 0 bridgehead atoms. The lowest BCUT2D eigenvalue weighted by Gasteiger charge is -2.21. The van der Waals surface area contributed by atoms with E-state index in [2.05, 4.69) is 9.97 Å². The summed E-state index contributed by atoms with van der Waals surface area (Å²) in [4.78, 5) is 34.0. The smallest absolute Gasteiger partial charge is 0.327 e. The van der Waals surface area contributed by atoms with E-state index in [9.17, 15) is 22.8 Å². The molecule has 168 valence electrons. The third kappa shape index (κ3) is 5.56.